The van der Waals surface area contributed by atoms with E-state index >= 15 is 0 Å². The quantitative estimate of drug-likeness (QED) is 0.622. The maximum absolute atomic E-state index is 12.9. The number of amides is 2. The molecule has 11 heteroatoms. The third-order valence-corrected chi connectivity index (χ3v) is 5.20. The fourth-order valence-electron chi connectivity index (χ4n) is 2.58. The van der Waals surface area contributed by atoms with Gasteiger partial charge >= 0.3 is 12.4 Å². The van der Waals surface area contributed by atoms with E-state index in [0.717, 1.165) is 0 Å². The van der Waals surface area contributed by atoms with Gasteiger partial charge in [0.05, 0.1) is 22.1 Å². The van der Waals surface area contributed by atoms with Gasteiger partial charge in [-0.05, 0) is 43.3 Å². The molecular weight excluding hydrogens is 422 g/mol. The Morgan fingerprint density at radius 3 is 2.14 bits per heavy atom. The second kappa shape index (κ2) is 7.29. The van der Waals surface area contributed by atoms with Crippen molar-refractivity contribution in [3.8, 4) is 0 Å². The molecule has 2 amide bonds. The number of nitrogens with one attached hydrogen (secondary N) is 2. The zero-order valence-electron chi connectivity index (χ0n) is 14.5. The number of thioether (sulfide) groups is 1. The van der Waals surface area contributed by atoms with Crippen molar-refractivity contribution in [2.24, 2.45) is 0 Å². The van der Waals surface area contributed by atoms with Gasteiger partial charge in [0, 0.05) is 16.1 Å². The minimum absolute atomic E-state index is 0.0253. The number of hydrogen-bond acceptors (Lipinski definition) is 3. The molecule has 0 bridgehead atoms. The largest absolute Gasteiger partial charge is 0.416 e. The molecule has 1 atom stereocenters. The Kier molecular flexibility index (Phi) is 5.28. The Labute approximate surface area is 164 Å². The van der Waals surface area contributed by atoms with Crippen LogP contribution in [-0.2, 0) is 17.1 Å². The van der Waals surface area contributed by atoms with Crippen molar-refractivity contribution in [3.63, 3.8) is 0 Å². The first kappa shape index (κ1) is 21.0. The Bertz CT molecular complexity index is 955. The van der Waals surface area contributed by atoms with Gasteiger partial charge in [0.15, 0.2) is 0 Å². The van der Waals surface area contributed by atoms with Crippen LogP contribution in [0.3, 0.4) is 0 Å². The summed E-state index contributed by atoms with van der Waals surface area (Å²) in [4.78, 5) is 24.8. The highest BCUT2D eigenvalue weighted by molar-refractivity contribution is 8.00. The monoisotopic (exact) mass is 434 g/mol. The van der Waals surface area contributed by atoms with Crippen molar-refractivity contribution in [2.45, 2.75) is 29.4 Å². The molecule has 0 fully saturated rings. The van der Waals surface area contributed by atoms with Gasteiger partial charge in [-0.25, -0.2) is 0 Å². The number of fused-ring (bicyclic) bond motifs is 1. The fraction of sp³-hybridized carbons (Fsp3) is 0.222. The molecule has 0 spiro atoms. The summed E-state index contributed by atoms with van der Waals surface area (Å²) >= 11 is 1.26. The average Bonchev–Trinajstić information content (AvgIpc) is 2.60. The van der Waals surface area contributed by atoms with Crippen molar-refractivity contribution in [3.05, 3.63) is 53.1 Å². The summed E-state index contributed by atoms with van der Waals surface area (Å²) in [6, 6.07) is 5.03. The van der Waals surface area contributed by atoms with Gasteiger partial charge in [0.1, 0.15) is 0 Å². The van der Waals surface area contributed by atoms with E-state index in [2.05, 4.69) is 10.6 Å². The number of hydrogen-bond donors (Lipinski definition) is 2. The molecule has 0 radical (unpaired) electrons. The zero-order valence-corrected chi connectivity index (χ0v) is 15.4. The average molecular weight is 434 g/mol. The van der Waals surface area contributed by atoms with Gasteiger partial charge in [-0.15, -0.1) is 11.8 Å². The summed E-state index contributed by atoms with van der Waals surface area (Å²) in [6.45, 7) is 1.69. The minimum Gasteiger partial charge on any atom is -0.324 e. The standard InChI is InChI=1S/C18H12F6N2O2S/c1-8-15(27)26-13-4-9(2-3-14(13)29-8)16(28)25-12-6-10(17(19,20)21)5-11(7-12)18(22,23)24/h2-8H,1H3,(H,25,28)(H,26,27)/t8-/m1/s1. The molecule has 0 unspecified atom stereocenters. The van der Waals surface area contributed by atoms with Gasteiger partial charge in [-0.3, -0.25) is 9.59 Å². The number of alkyl halides is 6. The molecule has 1 heterocycles. The second-order valence-corrected chi connectivity index (χ2v) is 7.59. The second-order valence-electron chi connectivity index (χ2n) is 6.21. The Morgan fingerprint density at radius 1 is 1.00 bits per heavy atom. The molecule has 0 saturated heterocycles. The van der Waals surface area contributed by atoms with E-state index in [1.54, 1.807) is 6.92 Å². The van der Waals surface area contributed by atoms with Crippen LogP contribution in [0.25, 0.3) is 0 Å². The highest BCUT2D eigenvalue weighted by Gasteiger charge is 2.37. The molecule has 2 N–H and O–H groups in total. The Balaban J connectivity index is 1.91. The highest BCUT2D eigenvalue weighted by atomic mass is 32.2. The lowest BCUT2D eigenvalue weighted by atomic mass is 10.1. The molecule has 4 nitrogen and oxygen atoms in total. The summed E-state index contributed by atoms with van der Waals surface area (Å²) in [5, 5.41) is 4.30. The van der Waals surface area contributed by atoms with Crippen LogP contribution in [0.15, 0.2) is 41.3 Å². The number of anilines is 2. The third-order valence-electron chi connectivity index (χ3n) is 4.02. The van der Waals surface area contributed by atoms with Crippen molar-refractivity contribution in [1.82, 2.24) is 0 Å². The van der Waals surface area contributed by atoms with Crippen LogP contribution in [0.4, 0.5) is 37.7 Å². The summed E-state index contributed by atoms with van der Waals surface area (Å²) in [5.74, 6) is -1.20. The first-order chi connectivity index (χ1) is 13.3. The van der Waals surface area contributed by atoms with Crippen molar-refractivity contribution < 1.29 is 35.9 Å². The van der Waals surface area contributed by atoms with Crippen LogP contribution >= 0.6 is 11.8 Å². The van der Waals surface area contributed by atoms with E-state index in [4.69, 9.17) is 0 Å². The Morgan fingerprint density at radius 2 is 1.59 bits per heavy atom. The van der Waals surface area contributed by atoms with Gasteiger partial charge in [-0.1, -0.05) is 0 Å². The molecule has 154 valence electrons. The lowest BCUT2D eigenvalue weighted by Gasteiger charge is -2.21. The fourth-order valence-corrected chi connectivity index (χ4v) is 3.51. The lowest BCUT2D eigenvalue weighted by Crippen LogP contribution is -2.26. The summed E-state index contributed by atoms with van der Waals surface area (Å²) in [5.41, 5.74) is -3.42. The van der Waals surface area contributed by atoms with Crippen LogP contribution < -0.4 is 10.6 Å². The number of benzene rings is 2. The number of carbonyl (C=O) groups is 2. The first-order valence-corrected chi connectivity index (χ1v) is 8.95. The molecule has 3 rings (SSSR count). The molecule has 0 aliphatic carbocycles. The maximum atomic E-state index is 12.9. The molecule has 2 aromatic rings. The predicted octanol–water partition coefficient (Wildman–Crippen LogP) is 5.41. The van der Waals surface area contributed by atoms with Gasteiger partial charge in [-0.2, -0.15) is 26.3 Å². The van der Waals surface area contributed by atoms with Crippen LogP contribution in [0.5, 0.6) is 0 Å². The zero-order chi connectivity index (χ0) is 21.6. The van der Waals surface area contributed by atoms with E-state index in [-0.39, 0.29) is 22.8 Å². The Hall–Kier alpha value is -2.69. The first-order valence-electron chi connectivity index (χ1n) is 8.07. The summed E-state index contributed by atoms with van der Waals surface area (Å²) in [6.07, 6.45) is -10.0. The van der Waals surface area contributed by atoms with Gasteiger partial charge < -0.3 is 10.6 Å². The van der Waals surface area contributed by atoms with Crippen LogP contribution in [0.2, 0.25) is 0 Å². The van der Waals surface area contributed by atoms with Crippen LogP contribution in [0, 0.1) is 0 Å². The lowest BCUT2D eigenvalue weighted by molar-refractivity contribution is -0.143. The van der Waals surface area contributed by atoms with Crippen molar-refractivity contribution in [2.75, 3.05) is 10.6 Å². The minimum atomic E-state index is -5.02. The van der Waals surface area contributed by atoms with Gasteiger partial charge in [0.2, 0.25) is 5.91 Å². The summed E-state index contributed by atoms with van der Waals surface area (Å²) in [7, 11) is 0. The van der Waals surface area contributed by atoms with E-state index in [9.17, 15) is 35.9 Å². The predicted molar refractivity (Wildman–Crippen MR) is 94.8 cm³/mol. The smallest absolute Gasteiger partial charge is 0.324 e. The van der Waals surface area contributed by atoms with Crippen molar-refractivity contribution in [1.29, 1.82) is 0 Å². The molecule has 2 aromatic carbocycles. The molecule has 29 heavy (non-hydrogen) atoms. The normalized spacial score (nSPS) is 16.8. The number of rotatable bonds is 2. The van der Waals surface area contributed by atoms with Crippen LogP contribution in [0.1, 0.15) is 28.4 Å². The molecule has 1 aliphatic heterocycles. The van der Waals surface area contributed by atoms with E-state index in [1.807, 2.05) is 0 Å². The number of halogens is 6. The number of carbonyl (C=O) groups excluding carboxylic acids is 2. The van der Waals surface area contributed by atoms with E-state index in [1.165, 1.54) is 30.0 Å². The summed E-state index contributed by atoms with van der Waals surface area (Å²) < 4.78 is 77.6. The molecular formula is C18H12F6N2O2S. The third kappa shape index (κ3) is 4.66. The van der Waals surface area contributed by atoms with Crippen molar-refractivity contribution >= 4 is 35.0 Å². The highest BCUT2D eigenvalue weighted by Crippen LogP contribution is 2.38. The van der Waals surface area contributed by atoms with Crippen LogP contribution in [-0.4, -0.2) is 17.1 Å². The maximum Gasteiger partial charge on any atom is 0.416 e. The van der Waals surface area contributed by atoms with E-state index in [0.29, 0.717) is 22.7 Å². The van der Waals surface area contributed by atoms with Gasteiger partial charge in [0.25, 0.3) is 5.91 Å². The molecule has 0 saturated carbocycles. The van der Waals surface area contributed by atoms with E-state index < -0.39 is 35.1 Å². The topological polar surface area (TPSA) is 58.2 Å². The SMILES string of the molecule is C[C@H]1Sc2ccc(C(=O)Nc3cc(C(F)(F)F)cc(C(F)(F)F)c3)cc2NC1=O. The molecule has 0 aromatic heterocycles. The molecule has 1 aliphatic rings.